The molecule has 0 aliphatic heterocycles. The summed E-state index contributed by atoms with van der Waals surface area (Å²) in [4.78, 5) is 32.8. The lowest BCUT2D eigenvalue weighted by Gasteiger charge is -2.20. The first-order valence-corrected chi connectivity index (χ1v) is 7.06. The standard InChI is InChI=1S/C13H24N2O7/c14-4-1-2-5-15-6-3-7-22-11(18)9-13(21,12(19)20)8-10(16)17/h15,21H,1-9,14H2,(H,16,17)(H,19,20). The van der Waals surface area contributed by atoms with E-state index in [1.807, 2.05) is 0 Å². The molecule has 0 rings (SSSR count). The van der Waals surface area contributed by atoms with E-state index in [1.165, 1.54) is 0 Å². The average molecular weight is 320 g/mol. The van der Waals surface area contributed by atoms with E-state index in [2.05, 4.69) is 5.32 Å². The average Bonchev–Trinajstić information content (AvgIpc) is 2.40. The molecule has 0 saturated heterocycles. The highest BCUT2D eigenvalue weighted by atomic mass is 16.5. The predicted molar refractivity (Wildman–Crippen MR) is 76.2 cm³/mol. The number of aliphatic hydroxyl groups is 1. The van der Waals surface area contributed by atoms with Gasteiger partial charge in [0.1, 0.15) is 0 Å². The van der Waals surface area contributed by atoms with E-state index in [0.717, 1.165) is 19.4 Å². The molecule has 0 aliphatic carbocycles. The molecule has 6 N–H and O–H groups in total. The van der Waals surface area contributed by atoms with Crippen molar-refractivity contribution in [3.63, 3.8) is 0 Å². The van der Waals surface area contributed by atoms with Gasteiger partial charge in [0.15, 0.2) is 5.60 Å². The second-order valence-corrected chi connectivity index (χ2v) is 4.90. The van der Waals surface area contributed by atoms with Crippen molar-refractivity contribution in [3.8, 4) is 0 Å². The third-order valence-electron chi connectivity index (χ3n) is 2.85. The Morgan fingerprint density at radius 2 is 1.68 bits per heavy atom. The van der Waals surface area contributed by atoms with Crippen LogP contribution in [0.4, 0.5) is 0 Å². The van der Waals surface area contributed by atoms with Gasteiger partial charge in [-0.15, -0.1) is 0 Å². The second-order valence-electron chi connectivity index (χ2n) is 4.90. The van der Waals surface area contributed by atoms with Gasteiger partial charge in [-0.3, -0.25) is 9.59 Å². The first kappa shape index (κ1) is 20.3. The summed E-state index contributed by atoms with van der Waals surface area (Å²) >= 11 is 0. The van der Waals surface area contributed by atoms with E-state index in [1.54, 1.807) is 0 Å². The predicted octanol–water partition coefficient (Wildman–Crippen LogP) is -1.07. The molecule has 1 unspecified atom stereocenters. The van der Waals surface area contributed by atoms with Gasteiger partial charge in [0, 0.05) is 0 Å². The third kappa shape index (κ3) is 9.27. The number of hydrogen-bond donors (Lipinski definition) is 5. The van der Waals surface area contributed by atoms with E-state index in [0.29, 0.717) is 19.5 Å². The number of carboxylic acid groups (broad SMARTS) is 2. The summed E-state index contributed by atoms with van der Waals surface area (Å²) in [6, 6.07) is 0. The first-order chi connectivity index (χ1) is 10.3. The number of hydrogen-bond acceptors (Lipinski definition) is 7. The molecule has 9 heteroatoms. The minimum atomic E-state index is -2.65. The first-order valence-electron chi connectivity index (χ1n) is 7.06. The Morgan fingerprint density at radius 1 is 1.05 bits per heavy atom. The highest BCUT2D eigenvalue weighted by Crippen LogP contribution is 2.17. The van der Waals surface area contributed by atoms with Crippen LogP contribution in [0.3, 0.4) is 0 Å². The van der Waals surface area contributed by atoms with E-state index in [4.69, 9.17) is 20.7 Å². The number of esters is 1. The summed E-state index contributed by atoms with van der Waals surface area (Å²) < 4.78 is 4.78. The summed E-state index contributed by atoms with van der Waals surface area (Å²) in [5.74, 6) is -4.23. The maximum Gasteiger partial charge on any atom is 0.336 e. The van der Waals surface area contributed by atoms with Crippen molar-refractivity contribution in [2.75, 3.05) is 26.2 Å². The second kappa shape index (κ2) is 10.9. The van der Waals surface area contributed by atoms with Crippen LogP contribution in [-0.4, -0.2) is 65.1 Å². The zero-order valence-electron chi connectivity index (χ0n) is 12.4. The van der Waals surface area contributed by atoms with Gasteiger partial charge in [-0.2, -0.15) is 0 Å². The molecule has 0 saturated carbocycles. The lowest BCUT2D eigenvalue weighted by molar-refractivity contribution is -0.172. The summed E-state index contributed by atoms with van der Waals surface area (Å²) in [7, 11) is 0. The molecule has 0 radical (unpaired) electrons. The molecule has 9 nitrogen and oxygen atoms in total. The number of unbranched alkanes of at least 4 members (excludes halogenated alkanes) is 1. The summed E-state index contributed by atoms with van der Waals surface area (Å²) in [6.45, 7) is 2.13. The SMILES string of the molecule is NCCCCNCCCOC(=O)CC(O)(CC(=O)O)C(=O)O. The Bertz CT molecular complexity index is 375. The summed E-state index contributed by atoms with van der Waals surface area (Å²) in [6.07, 6.45) is 0.438. The van der Waals surface area contributed by atoms with Crippen molar-refractivity contribution in [2.24, 2.45) is 5.73 Å². The van der Waals surface area contributed by atoms with E-state index in [9.17, 15) is 19.5 Å². The van der Waals surface area contributed by atoms with Crippen LogP contribution in [0.15, 0.2) is 0 Å². The van der Waals surface area contributed by atoms with Gasteiger partial charge < -0.3 is 31.1 Å². The van der Waals surface area contributed by atoms with Crippen molar-refractivity contribution < 1.29 is 34.4 Å². The summed E-state index contributed by atoms with van der Waals surface area (Å²) in [5.41, 5.74) is 2.69. The maximum atomic E-state index is 11.4. The molecule has 0 heterocycles. The smallest absolute Gasteiger partial charge is 0.336 e. The number of carbonyl (C=O) groups is 3. The van der Waals surface area contributed by atoms with Gasteiger partial charge in [-0.05, 0) is 38.9 Å². The zero-order valence-corrected chi connectivity index (χ0v) is 12.4. The van der Waals surface area contributed by atoms with Crippen molar-refractivity contribution in [1.29, 1.82) is 0 Å². The lowest BCUT2D eigenvalue weighted by Crippen LogP contribution is -2.43. The number of nitrogens with two attached hydrogens (primary N) is 1. The van der Waals surface area contributed by atoms with E-state index < -0.39 is 36.4 Å². The molecule has 0 aromatic rings. The molecule has 128 valence electrons. The minimum Gasteiger partial charge on any atom is -0.481 e. The highest BCUT2D eigenvalue weighted by molar-refractivity contribution is 5.88. The third-order valence-corrected chi connectivity index (χ3v) is 2.85. The van der Waals surface area contributed by atoms with Crippen LogP contribution in [-0.2, 0) is 19.1 Å². The number of ether oxygens (including phenoxy) is 1. The van der Waals surface area contributed by atoms with Crippen LogP contribution < -0.4 is 11.1 Å². The van der Waals surface area contributed by atoms with Crippen molar-refractivity contribution in [1.82, 2.24) is 5.32 Å². The normalized spacial score (nSPS) is 13.4. The minimum absolute atomic E-state index is 0.0610. The van der Waals surface area contributed by atoms with Gasteiger partial charge in [-0.25, -0.2) is 4.79 Å². The van der Waals surface area contributed by atoms with Crippen LogP contribution in [0.5, 0.6) is 0 Å². The van der Waals surface area contributed by atoms with Crippen LogP contribution in [0.1, 0.15) is 32.1 Å². The largest absolute Gasteiger partial charge is 0.481 e. The Hall–Kier alpha value is -1.71. The molecule has 0 aromatic carbocycles. The van der Waals surface area contributed by atoms with Crippen LogP contribution in [0.2, 0.25) is 0 Å². The highest BCUT2D eigenvalue weighted by Gasteiger charge is 2.41. The lowest BCUT2D eigenvalue weighted by atomic mass is 9.96. The number of aliphatic carboxylic acids is 2. The molecule has 22 heavy (non-hydrogen) atoms. The number of nitrogens with one attached hydrogen (secondary N) is 1. The van der Waals surface area contributed by atoms with Crippen LogP contribution in [0, 0.1) is 0 Å². The quantitative estimate of drug-likeness (QED) is 0.210. The Balaban J connectivity index is 3.92. The zero-order chi connectivity index (χ0) is 17.0. The van der Waals surface area contributed by atoms with Crippen molar-refractivity contribution in [2.45, 2.75) is 37.7 Å². The molecule has 0 amide bonds. The fraction of sp³-hybridized carbons (Fsp3) is 0.769. The van der Waals surface area contributed by atoms with Gasteiger partial charge in [-0.1, -0.05) is 0 Å². The number of carboxylic acids is 2. The van der Waals surface area contributed by atoms with Crippen molar-refractivity contribution in [3.05, 3.63) is 0 Å². The topological polar surface area (TPSA) is 159 Å². The molecule has 0 aliphatic rings. The summed E-state index contributed by atoms with van der Waals surface area (Å²) in [5, 5.41) is 30.1. The molecule has 1 atom stereocenters. The molecular formula is C13H24N2O7. The van der Waals surface area contributed by atoms with Gasteiger partial charge >= 0.3 is 17.9 Å². The van der Waals surface area contributed by atoms with Gasteiger partial charge in [0.2, 0.25) is 0 Å². The van der Waals surface area contributed by atoms with E-state index >= 15 is 0 Å². The van der Waals surface area contributed by atoms with Crippen molar-refractivity contribution >= 4 is 17.9 Å². The molecule has 0 aromatic heterocycles. The molecule has 0 bridgehead atoms. The number of rotatable bonds is 13. The van der Waals surface area contributed by atoms with Crippen LogP contribution in [0.25, 0.3) is 0 Å². The maximum absolute atomic E-state index is 11.4. The molecular weight excluding hydrogens is 296 g/mol. The molecule has 0 fully saturated rings. The fourth-order valence-corrected chi connectivity index (χ4v) is 1.66. The Labute approximate surface area is 128 Å². The van der Waals surface area contributed by atoms with Gasteiger partial charge in [0.05, 0.1) is 19.4 Å². The number of carbonyl (C=O) groups excluding carboxylic acids is 1. The fourth-order valence-electron chi connectivity index (χ4n) is 1.66. The van der Waals surface area contributed by atoms with E-state index in [-0.39, 0.29) is 6.61 Å². The Kier molecular flexibility index (Phi) is 10.1. The Morgan fingerprint density at radius 3 is 2.23 bits per heavy atom. The monoisotopic (exact) mass is 320 g/mol. The molecule has 0 spiro atoms. The van der Waals surface area contributed by atoms with Gasteiger partial charge in [0.25, 0.3) is 0 Å². The van der Waals surface area contributed by atoms with Crippen LogP contribution >= 0.6 is 0 Å².